The van der Waals surface area contributed by atoms with Crippen LogP contribution in [-0.2, 0) is 28.7 Å². The standard InChI is InChI=1S/C35H39N3O7/c1-22-11-9-12-23(2)30(22)37-18-8-4-7-15-27(40)44-21-25(24-13-5-3-6-14-24)36-32(41)28-26-16-17-35(45-26)29(28)33(42)38(19-10-20-39)31(35)34(37)43/h3-6,8-9,11-14,16-17,25-26,28-29,31,39H,7,10,15,18-21H2,1-2H3,(H,36,41)/b8-4-/t25-,26-,28+,29+,31-,35+/m1/s1. The predicted octanol–water partition coefficient (Wildman–Crippen LogP) is 2.92. The number of amides is 3. The van der Waals surface area contributed by atoms with E-state index in [1.165, 1.54) is 4.90 Å². The molecule has 0 radical (unpaired) electrons. The second kappa shape index (κ2) is 12.6. The number of nitrogens with zero attached hydrogens (tertiary/aromatic N) is 2. The first-order valence-corrected chi connectivity index (χ1v) is 15.6. The van der Waals surface area contributed by atoms with Gasteiger partial charge in [-0.25, -0.2) is 0 Å². The molecule has 2 aromatic carbocycles. The van der Waals surface area contributed by atoms with Gasteiger partial charge in [0.05, 0.1) is 24.0 Å². The van der Waals surface area contributed by atoms with E-state index in [1.807, 2.05) is 74.5 Å². The van der Waals surface area contributed by atoms with Crippen molar-refractivity contribution >= 4 is 29.4 Å². The molecule has 2 saturated heterocycles. The second-order valence-electron chi connectivity index (χ2n) is 12.2. The minimum absolute atomic E-state index is 0.0692. The maximum atomic E-state index is 14.9. The Morgan fingerprint density at radius 1 is 0.978 bits per heavy atom. The van der Waals surface area contributed by atoms with Crippen molar-refractivity contribution in [2.45, 2.75) is 56.9 Å². The van der Waals surface area contributed by atoms with Gasteiger partial charge >= 0.3 is 5.97 Å². The first-order chi connectivity index (χ1) is 21.8. The van der Waals surface area contributed by atoms with Gasteiger partial charge in [0.15, 0.2) is 0 Å². The Hall–Kier alpha value is -4.28. The van der Waals surface area contributed by atoms with Crippen LogP contribution in [0.4, 0.5) is 5.69 Å². The quantitative estimate of drug-likeness (QED) is 0.393. The summed E-state index contributed by atoms with van der Waals surface area (Å²) in [6.07, 6.45) is 7.37. The minimum Gasteiger partial charge on any atom is -0.463 e. The van der Waals surface area contributed by atoms with Gasteiger partial charge in [0, 0.05) is 31.8 Å². The van der Waals surface area contributed by atoms with Crippen LogP contribution >= 0.6 is 0 Å². The molecule has 4 heterocycles. The topological polar surface area (TPSA) is 125 Å². The summed E-state index contributed by atoms with van der Waals surface area (Å²) in [5, 5.41) is 12.7. The number of hydrogen-bond acceptors (Lipinski definition) is 7. The fraction of sp³-hybridized carbons (Fsp3) is 0.429. The van der Waals surface area contributed by atoms with Gasteiger partial charge in [0.25, 0.3) is 5.91 Å². The number of carbonyl (C=O) groups excluding carboxylic acids is 4. The zero-order valence-corrected chi connectivity index (χ0v) is 25.6. The zero-order valence-electron chi connectivity index (χ0n) is 25.6. The zero-order chi connectivity index (χ0) is 31.7. The summed E-state index contributed by atoms with van der Waals surface area (Å²) in [7, 11) is 0. The SMILES string of the molecule is Cc1cccc(C)c1N1C/C=C\CCC(=O)OC[C@H](c2ccccc2)NC(=O)[C@@H]2[C@H]3C(=O)N(CCCO)[C@H](C1=O)[C@]31C=C[C@H]2O1. The molecule has 4 aliphatic rings. The van der Waals surface area contributed by atoms with Crippen molar-refractivity contribution in [3.8, 4) is 0 Å². The molecule has 5 bridgehead atoms. The van der Waals surface area contributed by atoms with E-state index in [4.69, 9.17) is 9.47 Å². The lowest BCUT2D eigenvalue weighted by Crippen LogP contribution is -2.56. The number of ether oxygens (including phenoxy) is 2. The van der Waals surface area contributed by atoms with Crippen molar-refractivity contribution < 1.29 is 33.8 Å². The number of esters is 1. The van der Waals surface area contributed by atoms with Crippen molar-refractivity contribution in [3.63, 3.8) is 0 Å². The number of allylic oxidation sites excluding steroid dienone is 1. The molecule has 0 unspecified atom stereocenters. The predicted molar refractivity (Wildman–Crippen MR) is 166 cm³/mol. The average molecular weight is 614 g/mol. The van der Waals surface area contributed by atoms with Gasteiger partial charge in [-0.05, 0) is 43.4 Å². The molecule has 0 aliphatic carbocycles. The number of nitrogens with one attached hydrogen (secondary N) is 1. The molecule has 3 amide bonds. The highest BCUT2D eigenvalue weighted by Crippen LogP contribution is 2.55. The summed E-state index contributed by atoms with van der Waals surface area (Å²) in [5.41, 5.74) is 1.92. The number of benzene rings is 2. The Labute approximate surface area is 262 Å². The molecule has 2 fully saturated rings. The van der Waals surface area contributed by atoms with Gasteiger partial charge in [-0.1, -0.05) is 72.8 Å². The fourth-order valence-electron chi connectivity index (χ4n) is 7.32. The first-order valence-electron chi connectivity index (χ1n) is 15.6. The summed E-state index contributed by atoms with van der Waals surface area (Å²) >= 11 is 0. The normalized spacial score (nSPS) is 30.8. The number of aryl methyl sites for hydroxylation is 2. The first kappa shape index (κ1) is 30.7. The number of aliphatic hydroxyl groups is 1. The van der Waals surface area contributed by atoms with Gasteiger partial charge in [-0.2, -0.15) is 0 Å². The highest BCUT2D eigenvalue weighted by Gasteiger charge is 2.73. The molecule has 10 nitrogen and oxygen atoms in total. The minimum atomic E-state index is -1.35. The van der Waals surface area contributed by atoms with Gasteiger partial charge in [0.2, 0.25) is 11.8 Å². The number of cyclic esters (lactones) is 1. The van der Waals surface area contributed by atoms with Crippen LogP contribution in [0.3, 0.4) is 0 Å². The molecule has 0 aromatic heterocycles. The number of aliphatic hydroxyl groups excluding tert-OH is 1. The Bertz CT molecular complexity index is 1520. The van der Waals surface area contributed by atoms with Crippen LogP contribution in [0.2, 0.25) is 0 Å². The molecule has 2 aromatic rings. The van der Waals surface area contributed by atoms with Crippen LogP contribution in [0, 0.1) is 25.7 Å². The molecule has 10 heteroatoms. The van der Waals surface area contributed by atoms with Crippen molar-refractivity contribution in [3.05, 3.63) is 89.5 Å². The Kier molecular flexibility index (Phi) is 8.61. The summed E-state index contributed by atoms with van der Waals surface area (Å²) in [5.74, 6) is -3.34. The molecule has 4 aliphatic heterocycles. The van der Waals surface area contributed by atoms with E-state index >= 15 is 0 Å². The number of para-hydroxylation sites is 1. The fourth-order valence-corrected chi connectivity index (χ4v) is 7.32. The van der Waals surface area contributed by atoms with Crippen molar-refractivity contribution in [2.75, 3.05) is 31.2 Å². The van der Waals surface area contributed by atoms with E-state index in [2.05, 4.69) is 5.32 Å². The number of likely N-dealkylation sites (tertiary alicyclic amines) is 1. The molecular formula is C35H39N3O7. The number of anilines is 1. The Morgan fingerprint density at radius 2 is 1.73 bits per heavy atom. The Balaban J connectivity index is 1.44. The van der Waals surface area contributed by atoms with Crippen molar-refractivity contribution in [1.82, 2.24) is 10.2 Å². The molecule has 6 atom stereocenters. The highest BCUT2D eigenvalue weighted by atomic mass is 16.5. The van der Waals surface area contributed by atoms with Gasteiger partial charge in [-0.15, -0.1) is 0 Å². The number of carbonyl (C=O) groups is 4. The number of hydrogen-bond donors (Lipinski definition) is 2. The summed E-state index contributed by atoms with van der Waals surface area (Å²) in [4.78, 5) is 59.1. The molecule has 2 N–H and O–H groups in total. The third kappa shape index (κ3) is 5.46. The molecular weight excluding hydrogens is 574 g/mol. The summed E-state index contributed by atoms with van der Waals surface area (Å²) < 4.78 is 12.1. The number of fused-ring (bicyclic) bond motifs is 2. The van der Waals surface area contributed by atoms with E-state index in [1.54, 1.807) is 17.1 Å². The van der Waals surface area contributed by atoms with Gasteiger partial charge in [-0.3, -0.25) is 19.2 Å². The summed E-state index contributed by atoms with van der Waals surface area (Å²) in [6.45, 7) is 3.98. The Morgan fingerprint density at radius 3 is 2.47 bits per heavy atom. The highest BCUT2D eigenvalue weighted by molar-refractivity contribution is 6.06. The van der Waals surface area contributed by atoms with Gasteiger partial charge in [0.1, 0.15) is 18.2 Å². The second-order valence-corrected chi connectivity index (χ2v) is 12.2. The van der Waals surface area contributed by atoms with Crippen LogP contribution in [0.1, 0.15) is 42.0 Å². The summed E-state index contributed by atoms with van der Waals surface area (Å²) in [6, 6.07) is 13.3. The van der Waals surface area contributed by atoms with E-state index in [0.717, 1.165) is 22.4 Å². The molecule has 1 spiro atoms. The lowest BCUT2D eigenvalue weighted by atomic mass is 9.74. The van der Waals surface area contributed by atoms with Gasteiger partial charge < -0.3 is 29.7 Å². The van der Waals surface area contributed by atoms with Crippen LogP contribution < -0.4 is 10.2 Å². The third-order valence-electron chi connectivity index (χ3n) is 9.34. The smallest absolute Gasteiger partial charge is 0.306 e. The molecule has 45 heavy (non-hydrogen) atoms. The van der Waals surface area contributed by atoms with Crippen LogP contribution in [0.25, 0.3) is 0 Å². The van der Waals surface area contributed by atoms with E-state index in [0.29, 0.717) is 6.42 Å². The van der Waals surface area contributed by atoms with E-state index in [9.17, 15) is 24.3 Å². The maximum Gasteiger partial charge on any atom is 0.306 e. The monoisotopic (exact) mass is 613 g/mol. The van der Waals surface area contributed by atoms with E-state index < -0.39 is 47.5 Å². The molecule has 6 rings (SSSR count). The lowest BCUT2D eigenvalue weighted by Gasteiger charge is -2.36. The molecule has 0 saturated carbocycles. The maximum absolute atomic E-state index is 14.9. The van der Waals surface area contributed by atoms with E-state index in [-0.39, 0.29) is 51.0 Å². The van der Waals surface area contributed by atoms with Crippen LogP contribution in [0.15, 0.2) is 72.8 Å². The largest absolute Gasteiger partial charge is 0.463 e. The van der Waals surface area contributed by atoms with Crippen LogP contribution in [0.5, 0.6) is 0 Å². The molecule has 236 valence electrons. The van der Waals surface area contributed by atoms with Crippen molar-refractivity contribution in [2.24, 2.45) is 11.8 Å². The third-order valence-corrected chi connectivity index (χ3v) is 9.34. The average Bonchev–Trinajstić information content (AvgIpc) is 3.67. The number of rotatable bonds is 5. The lowest BCUT2D eigenvalue weighted by molar-refractivity contribution is -0.145. The van der Waals surface area contributed by atoms with Crippen LogP contribution in [-0.4, -0.2) is 77.7 Å². The van der Waals surface area contributed by atoms with Crippen molar-refractivity contribution in [1.29, 1.82) is 0 Å².